The van der Waals surface area contributed by atoms with E-state index in [4.69, 9.17) is 0 Å². The van der Waals surface area contributed by atoms with Crippen LogP contribution in [0.2, 0.25) is 0 Å². The Balaban J connectivity index is 1.78. The van der Waals surface area contributed by atoms with Crippen LogP contribution in [0.4, 0.5) is 4.39 Å². The van der Waals surface area contributed by atoms with E-state index in [0.717, 1.165) is 19.3 Å². The topological polar surface area (TPSA) is 74.6 Å². The molecule has 2 saturated carbocycles. The minimum absolute atomic E-state index is 0.00903. The van der Waals surface area contributed by atoms with Crippen molar-refractivity contribution in [2.45, 2.75) is 58.0 Å². The van der Waals surface area contributed by atoms with E-state index >= 15 is 0 Å². The number of ketones is 2. The summed E-state index contributed by atoms with van der Waals surface area (Å²) in [6.45, 7) is 2.58. The molecule has 0 bridgehead atoms. The van der Waals surface area contributed by atoms with Crippen LogP contribution >= 0.6 is 0 Å². The van der Waals surface area contributed by atoms with Gasteiger partial charge in [-0.1, -0.05) is 31.1 Å². The summed E-state index contributed by atoms with van der Waals surface area (Å²) in [7, 11) is 0. The van der Waals surface area contributed by atoms with Gasteiger partial charge in [-0.3, -0.25) is 14.0 Å². The zero-order valence-corrected chi connectivity index (χ0v) is 16.1. The third kappa shape index (κ3) is 2.27. The molecule has 0 aromatic heterocycles. The predicted octanol–water partition coefficient (Wildman–Crippen LogP) is 2.93. The van der Waals surface area contributed by atoms with Crippen molar-refractivity contribution in [3.05, 3.63) is 23.3 Å². The number of fused-ring (bicyclic) bond motifs is 5. The van der Waals surface area contributed by atoms with Gasteiger partial charge in [0, 0.05) is 23.2 Å². The van der Waals surface area contributed by atoms with E-state index < -0.39 is 36.0 Å². The van der Waals surface area contributed by atoms with Gasteiger partial charge in [0.1, 0.15) is 12.2 Å². The third-order valence-corrected chi connectivity index (χ3v) is 8.48. The summed E-state index contributed by atoms with van der Waals surface area (Å²) in [5, 5.41) is 20.8. The zero-order valence-electron chi connectivity index (χ0n) is 16.1. The van der Waals surface area contributed by atoms with Gasteiger partial charge in [-0.15, -0.1) is 0 Å². The van der Waals surface area contributed by atoms with Crippen molar-refractivity contribution in [2.24, 2.45) is 28.6 Å². The van der Waals surface area contributed by atoms with Crippen LogP contribution in [0, 0.1) is 28.6 Å². The normalized spacial score (nSPS) is 46.1. The first kappa shape index (κ1) is 19.0. The molecule has 0 radical (unpaired) electrons. The molecule has 6 atom stereocenters. The summed E-state index contributed by atoms with van der Waals surface area (Å²) in [6.07, 6.45) is 7.98. The fourth-order valence-electron chi connectivity index (χ4n) is 6.87. The van der Waals surface area contributed by atoms with Crippen LogP contribution in [0.5, 0.6) is 0 Å². The number of alkyl halides is 1. The quantitative estimate of drug-likeness (QED) is 0.743. The molecule has 5 heteroatoms. The highest BCUT2D eigenvalue weighted by molar-refractivity contribution is 5.92. The number of halogens is 1. The molecule has 148 valence electrons. The Kier molecular flexibility index (Phi) is 4.28. The van der Waals surface area contributed by atoms with E-state index in [1.54, 1.807) is 0 Å². The minimum Gasteiger partial charge on any atom is -0.388 e. The van der Waals surface area contributed by atoms with Gasteiger partial charge in [0.15, 0.2) is 11.6 Å². The van der Waals surface area contributed by atoms with Crippen molar-refractivity contribution in [3.63, 3.8) is 0 Å². The molecule has 4 rings (SSSR count). The molecule has 4 nitrogen and oxygen atoms in total. The van der Waals surface area contributed by atoms with Gasteiger partial charge in [-0.2, -0.15) is 0 Å². The Labute approximate surface area is 159 Å². The molecule has 0 heterocycles. The maximum Gasteiger partial charge on any atom is 0.190 e. The average Bonchev–Trinajstić information content (AvgIpc) is 2.90. The van der Waals surface area contributed by atoms with E-state index in [1.807, 2.05) is 13.0 Å². The molecule has 0 amide bonds. The van der Waals surface area contributed by atoms with Crippen LogP contribution in [0.25, 0.3) is 0 Å². The lowest BCUT2D eigenvalue weighted by Gasteiger charge is -2.54. The fourth-order valence-corrected chi connectivity index (χ4v) is 6.87. The molecule has 0 aliphatic heterocycles. The summed E-state index contributed by atoms with van der Waals surface area (Å²) in [5.74, 6) is -1.03. The number of hydrogen-bond acceptors (Lipinski definition) is 4. The number of aliphatic hydroxyl groups excluding tert-OH is 1. The lowest BCUT2D eigenvalue weighted by atomic mass is 9.50. The molecular formula is C22H29FO4. The molecule has 0 saturated heterocycles. The standard InChI is InChI=1S/C22H29FO4/c1-20-7-5-15(25)9-13(20)3-4-16-17(20)6-8-21(2)18(16)10-14(11-23)22(21,27)19(26)12-24/h6,9,14,16,18,24,27H,3-5,7-8,10-12H2,1-2H3/t14-,16-,18+,20+,21+,22+/m1/s1. The van der Waals surface area contributed by atoms with Crippen LogP contribution in [0.3, 0.4) is 0 Å². The van der Waals surface area contributed by atoms with E-state index in [1.165, 1.54) is 11.1 Å². The van der Waals surface area contributed by atoms with Crippen LogP contribution < -0.4 is 0 Å². The van der Waals surface area contributed by atoms with E-state index in [-0.39, 0.29) is 23.0 Å². The Morgan fingerprint density at radius 1 is 1.33 bits per heavy atom. The van der Waals surface area contributed by atoms with E-state index in [9.17, 15) is 24.2 Å². The van der Waals surface area contributed by atoms with Crippen LogP contribution in [-0.2, 0) is 9.59 Å². The lowest BCUT2D eigenvalue weighted by Crippen LogP contribution is -2.58. The van der Waals surface area contributed by atoms with Crippen molar-refractivity contribution < 1.29 is 24.2 Å². The molecule has 4 aliphatic rings. The van der Waals surface area contributed by atoms with Gasteiger partial charge < -0.3 is 10.2 Å². The molecule has 2 fully saturated rings. The highest BCUT2D eigenvalue weighted by atomic mass is 19.1. The summed E-state index contributed by atoms with van der Waals surface area (Å²) in [6, 6.07) is 0. The number of allylic oxidation sites excluding steroid dienone is 4. The molecule has 0 spiro atoms. The molecule has 0 unspecified atom stereocenters. The number of rotatable bonds is 3. The van der Waals surface area contributed by atoms with Crippen molar-refractivity contribution in [1.82, 2.24) is 0 Å². The maximum atomic E-state index is 13.9. The summed E-state index contributed by atoms with van der Waals surface area (Å²) >= 11 is 0. The Morgan fingerprint density at radius 3 is 2.74 bits per heavy atom. The van der Waals surface area contributed by atoms with Crippen molar-refractivity contribution in [3.8, 4) is 0 Å². The van der Waals surface area contributed by atoms with Crippen molar-refractivity contribution in [1.29, 1.82) is 0 Å². The predicted molar refractivity (Wildman–Crippen MR) is 98.6 cm³/mol. The second-order valence-corrected chi connectivity index (χ2v) is 9.44. The summed E-state index contributed by atoms with van der Waals surface area (Å²) < 4.78 is 13.9. The largest absolute Gasteiger partial charge is 0.388 e. The van der Waals surface area contributed by atoms with Gasteiger partial charge in [-0.25, -0.2) is 0 Å². The Hall–Kier alpha value is -1.33. The molecular weight excluding hydrogens is 347 g/mol. The molecule has 27 heavy (non-hydrogen) atoms. The molecule has 0 aromatic carbocycles. The Morgan fingerprint density at radius 2 is 2.07 bits per heavy atom. The average molecular weight is 376 g/mol. The first-order valence-corrected chi connectivity index (χ1v) is 10.1. The van der Waals surface area contributed by atoms with Crippen molar-refractivity contribution >= 4 is 11.6 Å². The molecule has 4 aliphatic carbocycles. The smallest absolute Gasteiger partial charge is 0.190 e. The lowest BCUT2D eigenvalue weighted by molar-refractivity contribution is -0.163. The monoisotopic (exact) mass is 376 g/mol. The number of carbonyl (C=O) groups is 2. The molecule has 2 N–H and O–H groups in total. The number of hydrogen-bond donors (Lipinski definition) is 2. The highest BCUT2D eigenvalue weighted by Gasteiger charge is 2.68. The number of aliphatic hydroxyl groups is 2. The fraction of sp³-hybridized carbons (Fsp3) is 0.727. The van der Waals surface area contributed by atoms with Crippen LogP contribution in [-0.4, -0.2) is 40.7 Å². The Bertz CT molecular complexity index is 755. The van der Waals surface area contributed by atoms with E-state index in [2.05, 4.69) is 13.0 Å². The van der Waals surface area contributed by atoms with E-state index in [0.29, 0.717) is 19.3 Å². The van der Waals surface area contributed by atoms with Gasteiger partial charge in [0.2, 0.25) is 0 Å². The van der Waals surface area contributed by atoms with Crippen molar-refractivity contribution in [2.75, 3.05) is 13.3 Å². The van der Waals surface area contributed by atoms with Crippen LogP contribution in [0.1, 0.15) is 52.4 Å². The van der Waals surface area contributed by atoms with Crippen LogP contribution in [0.15, 0.2) is 23.3 Å². The molecule has 0 aromatic rings. The summed E-state index contributed by atoms with van der Waals surface area (Å²) in [4.78, 5) is 24.4. The zero-order chi connectivity index (χ0) is 19.6. The minimum atomic E-state index is -1.82. The maximum absolute atomic E-state index is 13.9. The SMILES string of the molecule is C[C@]12CCC(=O)C=C1CC[C@@H]1C2=CC[C@@]2(C)[C@H]1C[C@H](CF)[C@]2(O)C(=O)CO. The number of Topliss-reactive ketones (excluding diaryl/α,β-unsaturated/α-hetero) is 1. The first-order chi connectivity index (χ1) is 12.7. The van der Waals surface area contributed by atoms with Gasteiger partial charge in [0.05, 0.1) is 6.67 Å². The third-order valence-electron chi connectivity index (χ3n) is 8.48. The summed E-state index contributed by atoms with van der Waals surface area (Å²) in [5.41, 5.74) is -0.201. The number of carbonyl (C=O) groups excluding carboxylic acids is 2. The second kappa shape index (κ2) is 6.08. The highest BCUT2D eigenvalue weighted by Crippen LogP contribution is 2.66. The van der Waals surface area contributed by atoms with Gasteiger partial charge >= 0.3 is 0 Å². The van der Waals surface area contributed by atoms with Gasteiger partial charge in [-0.05, 0) is 50.0 Å². The van der Waals surface area contributed by atoms with Gasteiger partial charge in [0.25, 0.3) is 0 Å². The second-order valence-electron chi connectivity index (χ2n) is 9.44. The first-order valence-electron chi connectivity index (χ1n) is 10.1.